The van der Waals surface area contributed by atoms with Crippen molar-refractivity contribution in [3.05, 3.63) is 22.7 Å². The Kier molecular flexibility index (Phi) is 2.54. The summed E-state index contributed by atoms with van der Waals surface area (Å²) in [6, 6.07) is 4.27. The Morgan fingerprint density at radius 3 is 2.27 bits per heavy atom. The number of benzene rings is 1. The molecule has 0 aromatic heterocycles. The van der Waals surface area contributed by atoms with Crippen LogP contribution in [0, 0.1) is 0 Å². The molecule has 3 nitrogen and oxygen atoms in total. The molecule has 0 amide bonds. The normalized spacial score (nSPS) is 9.73. The van der Waals surface area contributed by atoms with Gasteiger partial charge in [-0.05, 0) is 23.7 Å². The molecule has 0 spiro atoms. The van der Waals surface area contributed by atoms with Gasteiger partial charge in [-0.1, -0.05) is 15.9 Å². The van der Waals surface area contributed by atoms with E-state index in [-0.39, 0.29) is 11.2 Å². The van der Waals surface area contributed by atoms with Crippen LogP contribution in [-0.4, -0.2) is 22.3 Å². The second kappa shape index (κ2) is 3.25. The fourth-order valence-electron chi connectivity index (χ4n) is 0.745. The number of halogens is 1. The lowest BCUT2D eigenvalue weighted by molar-refractivity contribution is 0.424. The van der Waals surface area contributed by atoms with E-state index in [1.54, 1.807) is 0 Å². The molecule has 0 bridgehead atoms. The second-order valence-corrected chi connectivity index (χ2v) is 3.03. The van der Waals surface area contributed by atoms with Gasteiger partial charge in [-0.3, -0.25) is 0 Å². The van der Waals surface area contributed by atoms with E-state index >= 15 is 0 Å². The van der Waals surface area contributed by atoms with Crippen molar-refractivity contribution in [3.8, 4) is 5.75 Å². The fourth-order valence-corrected chi connectivity index (χ4v) is 1.24. The molecular weight excluding hydrogens is 211 g/mol. The molecule has 0 atom stereocenters. The lowest BCUT2D eigenvalue weighted by Gasteiger charge is -2.00. The summed E-state index contributed by atoms with van der Waals surface area (Å²) in [5.74, 6) is 0.00229. The second-order valence-electron chi connectivity index (χ2n) is 2.12. The third-order valence-corrected chi connectivity index (χ3v) is 1.66. The Morgan fingerprint density at radius 1 is 1.18 bits per heavy atom. The highest BCUT2D eigenvalue weighted by molar-refractivity contribution is 9.10. The maximum absolute atomic E-state index is 8.99. The molecule has 0 radical (unpaired) electrons. The summed E-state index contributed by atoms with van der Waals surface area (Å²) in [7, 11) is -1.54. The van der Waals surface area contributed by atoms with Crippen LogP contribution >= 0.6 is 15.9 Å². The molecule has 1 rings (SSSR count). The Hall–Kier alpha value is -0.515. The predicted octanol–water partition coefficient (Wildman–Crippen LogP) is -0.166. The lowest BCUT2D eigenvalue weighted by atomic mass is 9.80. The van der Waals surface area contributed by atoms with Crippen LogP contribution in [-0.2, 0) is 0 Å². The summed E-state index contributed by atoms with van der Waals surface area (Å²) in [6.07, 6.45) is 0. The van der Waals surface area contributed by atoms with Gasteiger partial charge in [0.05, 0.1) is 0 Å². The average molecular weight is 217 g/mol. The summed E-state index contributed by atoms with van der Waals surface area (Å²) in [5.41, 5.74) is 0.261. The average Bonchev–Trinajstić information content (AvgIpc) is 1.85. The van der Waals surface area contributed by atoms with Crippen molar-refractivity contribution < 1.29 is 15.2 Å². The van der Waals surface area contributed by atoms with E-state index in [1.165, 1.54) is 18.2 Å². The Bertz CT molecular complexity index is 244. The molecule has 58 valence electrons. The molecule has 1 aromatic rings. The number of rotatable bonds is 1. The molecule has 1 aromatic carbocycles. The first-order valence-corrected chi connectivity index (χ1v) is 3.74. The Labute approximate surface area is 72.6 Å². The largest absolute Gasteiger partial charge is 0.508 e. The van der Waals surface area contributed by atoms with Gasteiger partial charge in [-0.2, -0.15) is 0 Å². The van der Waals surface area contributed by atoms with Gasteiger partial charge in [-0.15, -0.1) is 0 Å². The zero-order valence-electron chi connectivity index (χ0n) is 5.53. The number of hydrogen-bond acceptors (Lipinski definition) is 3. The van der Waals surface area contributed by atoms with Crippen molar-refractivity contribution in [2.45, 2.75) is 0 Å². The fraction of sp³-hybridized carbons (Fsp3) is 0. The zero-order valence-corrected chi connectivity index (χ0v) is 7.12. The van der Waals surface area contributed by atoms with E-state index in [1.807, 2.05) is 0 Å². The van der Waals surface area contributed by atoms with Crippen LogP contribution < -0.4 is 5.46 Å². The van der Waals surface area contributed by atoms with E-state index in [4.69, 9.17) is 15.2 Å². The highest BCUT2D eigenvalue weighted by Crippen LogP contribution is 2.14. The van der Waals surface area contributed by atoms with Crippen LogP contribution in [0.2, 0.25) is 0 Å². The highest BCUT2D eigenvalue weighted by atomic mass is 79.9. The summed E-state index contributed by atoms with van der Waals surface area (Å²) < 4.78 is 0.612. The number of hydrogen-bond donors (Lipinski definition) is 3. The Morgan fingerprint density at radius 2 is 1.82 bits per heavy atom. The first-order chi connectivity index (χ1) is 5.09. The highest BCUT2D eigenvalue weighted by Gasteiger charge is 2.11. The van der Waals surface area contributed by atoms with Gasteiger partial charge in [0.15, 0.2) is 0 Å². The Balaban J connectivity index is 3.08. The number of phenolic OH excluding ortho intramolecular Hbond substituents is 1. The first kappa shape index (κ1) is 8.58. The molecule has 0 fully saturated rings. The van der Waals surface area contributed by atoms with Crippen molar-refractivity contribution >= 4 is 28.5 Å². The van der Waals surface area contributed by atoms with Gasteiger partial charge < -0.3 is 15.2 Å². The zero-order chi connectivity index (χ0) is 8.43. The topological polar surface area (TPSA) is 60.7 Å². The third kappa shape index (κ3) is 2.22. The molecule has 3 N–H and O–H groups in total. The quantitative estimate of drug-likeness (QED) is 0.572. The molecule has 0 saturated heterocycles. The van der Waals surface area contributed by atoms with Crippen molar-refractivity contribution in [3.63, 3.8) is 0 Å². The molecule has 0 unspecified atom stereocenters. The number of aromatic hydroxyl groups is 1. The molecule has 0 heterocycles. The monoisotopic (exact) mass is 216 g/mol. The van der Waals surface area contributed by atoms with E-state index in [9.17, 15) is 0 Å². The minimum Gasteiger partial charge on any atom is -0.508 e. The summed E-state index contributed by atoms with van der Waals surface area (Å²) in [6.45, 7) is 0. The number of phenols is 1. The van der Waals surface area contributed by atoms with Crippen molar-refractivity contribution in [2.24, 2.45) is 0 Å². The molecule has 0 aliphatic rings. The van der Waals surface area contributed by atoms with Crippen LogP contribution in [0.15, 0.2) is 22.7 Å². The summed E-state index contributed by atoms with van der Waals surface area (Å²) in [4.78, 5) is 0. The molecular formula is C6H6BBrO3. The van der Waals surface area contributed by atoms with E-state index in [0.29, 0.717) is 4.47 Å². The van der Waals surface area contributed by atoms with E-state index in [2.05, 4.69) is 15.9 Å². The molecule has 0 saturated carbocycles. The maximum atomic E-state index is 8.99. The van der Waals surface area contributed by atoms with Crippen LogP contribution in [0.4, 0.5) is 0 Å². The van der Waals surface area contributed by atoms with Gasteiger partial charge in [0.1, 0.15) is 5.75 Å². The van der Waals surface area contributed by atoms with Crippen molar-refractivity contribution in [1.29, 1.82) is 0 Å². The van der Waals surface area contributed by atoms with Crippen LogP contribution in [0.25, 0.3) is 0 Å². The van der Waals surface area contributed by atoms with Crippen molar-refractivity contribution in [2.75, 3.05) is 0 Å². The van der Waals surface area contributed by atoms with Crippen LogP contribution in [0.1, 0.15) is 0 Å². The smallest absolute Gasteiger partial charge is 0.488 e. The van der Waals surface area contributed by atoms with Crippen molar-refractivity contribution in [1.82, 2.24) is 0 Å². The van der Waals surface area contributed by atoms with Crippen LogP contribution in [0.3, 0.4) is 0 Å². The van der Waals surface area contributed by atoms with E-state index < -0.39 is 7.12 Å². The summed E-state index contributed by atoms with van der Waals surface area (Å²) in [5, 5.41) is 26.4. The summed E-state index contributed by atoms with van der Waals surface area (Å²) >= 11 is 3.10. The standard InChI is InChI=1S/C6H6BBrO3/c8-5-1-4(7(10)11)2-6(9)3-5/h1-3,9-11H. The SMILES string of the molecule is OB(O)c1cc(O)cc(Br)c1. The molecule has 5 heteroatoms. The predicted molar refractivity (Wildman–Crippen MR) is 45.6 cm³/mol. The van der Waals surface area contributed by atoms with E-state index in [0.717, 1.165) is 0 Å². The van der Waals surface area contributed by atoms with Gasteiger partial charge in [0.25, 0.3) is 0 Å². The molecule has 11 heavy (non-hydrogen) atoms. The first-order valence-electron chi connectivity index (χ1n) is 2.95. The van der Waals surface area contributed by atoms with Gasteiger partial charge in [0.2, 0.25) is 0 Å². The van der Waals surface area contributed by atoms with Crippen LogP contribution in [0.5, 0.6) is 5.75 Å². The van der Waals surface area contributed by atoms with Gasteiger partial charge in [0, 0.05) is 4.47 Å². The minimum absolute atomic E-state index is 0.00229. The minimum atomic E-state index is -1.54. The lowest BCUT2D eigenvalue weighted by Crippen LogP contribution is -2.29. The third-order valence-electron chi connectivity index (χ3n) is 1.20. The maximum Gasteiger partial charge on any atom is 0.488 e. The van der Waals surface area contributed by atoms with Gasteiger partial charge >= 0.3 is 7.12 Å². The van der Waals surface area contributed by atoms with Gasteiger partial charge in [-0.25, -0.2) is 0 Å². The molecule has 0 aliphatic heterocycles. The molecule has 0 aliphatic carbocycles.